The van der Waals surface area contributed by atoms with Crippen molar-refractivity contribution in [1.82, 2.24) is 5.43 Å². The summed E-state index contributed by atoms with van der Waals surface area (Å²) in [4.78, 5) is 12.4. The van der Waals surface area contributed by atoms with Gasteiger partial charge in [-0.15, -0.1) is 0 Å². The van der Waals surface area contributed by atoms with Crippen LogP contribution in [-0.2, 0) is 4.79 Å². The Balaban J connectivity index is 1.57. The van der Waals surface area contributed by atoms with E-state index in [1.807, 2.05) is 91.9 Å². The molecule has 0 fully saturated rings. The van der Waals surface area contributed by atoms with Crippen molar-refractivity contribution in [3.05, 3.63) is 90.5 Å². The van der Waals surface area contributed by atoms with Crippen molar-refractivity contribution in [3.8, 4) is 11.5 Å². The number of anilines is 1. The number of hydrogen-bond acceptors (Lipinski definition) is 4. The van der Waals surface area contributed by atoms with Crippen LogP contribution in [0.5, 0.6) is 11.5 Å². The molecule has 1 amide bonds. The maximum atomic E-state index is 12.4. The number of nitrogens with zero attached hydrogens (tertiary/aromatic N) is 1. The van der Waals surface area contributed by atoms with Gasteiger partial charge in [-0.3, -0.25) is 4.79 Å². The summed E-state index contributed by atoms with van der Waals surface area (Å²) in [6.07, 6.45) is 2.25. The van der Waals surface area contributed by atoms with Gasteiger partial charge in [0.05, 0.1) is 6.21 Å². The summed E-state index contributed by atoms with van der Waals surface area (Å²) in [5.41, 5.74) is 4.33. The highest BCUT2D eigenvalue weighted by Gasteiger charge is 2.15. The van der Waals surface area contributed by atoms with Gasteiger partial charge in [0.25, 0.3) is 5.91 Å². The standard InChI is InChI=1S/C23H23N3O2/c1-2-22(25-19-11-5-3-6-12-19)23(27)26-24-17-18-10-9-15-21(16-18)28-20-13-7-4-8-14-20/h3-17,22,25H,2H2,1H3,(H,26,27). The molecule has 0 heterocycles. The molecule has 0 aliphatic rings. The van der Waals surface area contributed by atoms with Crippen molar-refractivity contribution in [1.29, 1.82) is 0 Å². The quantitative estimate of drug-likeness (QED) is 0.439. The van der Waals surface area contributed by atoms with Crippen LogP contribution < -0.4 is 15.5 Å². The molecule has 3 aromatic carbocycles. The number of ether oxygens (including phenoxy) is 1. The Hall–Kier alpha value is -3.60. The Labute approximate surface area is 165 Å². The molecule has 0 bridgehead atoms. The number of para-hydroxylation sites is 2. The molecule has 0 aromatic heterocycles. The minimum atomic E-state index is -0.354. The lowest BCUT2D eigenvalue weighted by molar-refractivity contribution is -0.121. The van der Waals surface area contributed by atoms with Crippen molar-refractivity contribution < 1.29 is 9.53 Å². The first-order valence-electron chi connectivity index (χ1n) is 9.22. The lowest BCUT2D eigenvalue weighted by atomic mass is 10.2. The second-order valence-corrected chi connectivity index (χ2v) is 6.19. The summed E-state index contributed by atoms with van der Waals surface area (Å²) in [6.45, 7) is 1.95. The number of rotatable bonds is 8. The van der Waals surface area contributed by atoms with Crippen LogP contribution in [0.1, 0.15) is 18.9 Å². The fourth-order valence-corrected chi connectivity index (χ4v) is 2.62. The molecular weight excluding hydrogens is 350 g/mol. The van der Waals surface area contributed by atoms with E-state index in [4.69, 9.17) is 4.74 Å². The Bertz CT molecular complexity index is 911. The van der Waals surface area contributed by atoms with E-state index in [0.717, 1.165) is 17.0 Å². The average molecular weight is 373 g/mol. The summed E-state index contributed by atoms with van der Waals surface area (Å²) in [7, 11) is 0. The van der Waals surface area contributed by atoms with Gasteiger partial charge in [-0.25, -0.2) is 5.43 Å². The number of benzene rings is 3. The first-order chi connectivity index (χ1) is 13.7. The third-order valence-corrected chi connectivity index (χ3v) is 4.06. The molecular formula is C23H23N3O2. The van der Waals surface area contributed by atoms with Crippen LogP contribution in [0.2, 0.25) is 0 Å². The topological polar surface area (TPSA) is 62.7 Å². The predicted molar refractivity (Wildman–Crippen MR) is 113 cm³/mol. The smallest absolute Gasteiger partial charge is 0.262 e. The first-order valence-corrected chi connectivity index (χ1v) is 9.22. The summed E-state index contributed by atoms with van der Waals surface area (Å²) in [6, 6.07) is 26.4. The highest BCUT2D eigenvalue weighted by molar-refractivity contribution is 5.86. The zero-order valence-corrected chi connectivity index (χ0v) is 15.7. The number of carbonyl (C=O) groups excluding carboxylic acids is 1. The summed E-state index contributed by atoms with van der Waals surface area (Å²) in [5.74, 6) is 1.29. The Kier molecular flexibility index (Phi) is 6.79. The third kappa shape index (κ3) is 5.71. The van der Waals surface area contributed by atoms with E-state index < -0.39 is 0 Å². The lowest BCUT2D eigenvalue weighted by Crippen LogP contribution is -2.36. The van der Waals surface area contributed by atoms with E-state index in [9.17, 15) is 4.79 Å². The molecule has 0 aliphatic carbocycles. The summed E-state index contributed by atoms with van der Waals surface area (Å²) >= 11 is 0. The minimum absolute atomic E-state index is 0.181. The van der Waals surface area contributed by atoms with Crippen LogP contribution in [0.3, 0.4) is 0 Å². The fraction of sp³-hybridized carbons (Fsp3) is 0.130. The average Bonchev–Trinajstić information content (AvgIpc) is 2.74. The van der Waals surface area contributed by atoms with Gasteiger partial charge in [0.15, 0.2) is 0 Å². The molecule has 0 radical (unpaired) electrons. The molecule has 2 N–H and O–H groups in total. The van der Waals surface area contributed by atoms with Crippen LogP contribution in [0, 0.1) is 0 Å². The van der Waals surface area contributed by atoms with Gasteiger partial charge in [0.2, 0.25) is 0 Å². The van der Waals surface area contributed by atoms with Crippen LogP contribution >= 0.6 is 0 Å². The number of nitrogens with one attached hydrogen (secondary N) is 2. The first kappa shape index (κ1) is 19.2. The molecule has 5 nitrogen and oxygen atoms in total. The zero-order valence-electron chi connectivity index (χ0n) is 15.7. The van der Waals surface area contributed by atoms with Crippen molar-refractivity contribution in [2.24, 2.45) is 5.10 Å². The highest BCUT2D eigenvalue weighted by atomic mass is 16.5. The van der Waals surface area contributed by atoms with E-state index in [1.54, 1.807) is 6.21 Å². The van der Waals surface area contributed by atoms with E-state index in [2.05, 4.69) is 15.8 Å². The lowest BCUT2D eigenvalue weighted by Gasteiger charge is -2.16. The Morgan fingerprint density at radius 3 is 2.36 bits per heavy atom. The Morgan fingerprint density at radius 2 is 1.64 bits per heavy atom. The molecule has 3 aromatic rings. The molecule has 1 atom stereocenters. The monoisotopic (exact) mass is 373 g/mol. The van der Waals surface area contributed by atoms with Gasteiger partial charge in [-0.2, -0.15) is 5.10 Å². The Morgan fingerprint density at radius 1 is 0.964 bits per heavy atom. The van der Waals surface area contributed by atoms with Gasteiger partial charge < -0.3 is 10.1 Å². The largest absolute Gasteiger partial charge is 0.457 e. The molecule has 0 saturated heterocycles. The van der Waals surface area contributed by atoms with Gasteiger partial charge in [0.1, 0.15) is 17.5 Å². The summed E-state index contributed by atoms with van der Waals surface area (Å²) < 4.78 is 5.81. The number of hydrogen-bond donors (Lipinski definition) is 2. The van der Waals surface area contributed by atoms with Crippen LogP contribution in [0.15, 0.2) is 90.0 Å². The predicted octanol–water partition coefficient (Wildman–Crippen LogP) is 4.82. The van der Waals surface area contributed by atoms with Gasteiger partial charge in [-0.1, -0.05) is 55.5 Å². The maximum Gasteiger partial charge on any atom is 0.262 e. The maximum absolute atomic E-state index is 12.4. The number of carbonyl (C=O) groups is 1. The van der Waals surface area contributed by atoms with E-state index in [1.165, 1.54) is 0 Å². The van der Waals surface area contributed by atoms with E-state index in [-0.39, 0.29) is 11.9 Å². The van der Waals surface area contributed by atoms with Gasteiger partial charge >= 0.3 is 0 Å². The van der Waals surface area contributed by atoms with Crippen LogP contribution in [-0.4, -0.2) is 18.2 Å². The molecule has 1 unspecified atom stereocenters. The third-order valence-electron chi connectivity index (χ3n) is 4.06. The SMILES string of the molecule is CCC(Nc1ccccc1)C(=O)NN=Cc1cccc(Oc2ccccc2)c1. The fourth-order valence-electron chi connectivity index (χ4n) is 2.62. The van der Waals surface area contributed by atoms with E-state index >= 15 is 0 Å². The minimum Gasteiger partial charge on any atom is -0.457 e. The van der Waals surface area contributed by atoms with Crippen molar-refractivity contribution in [2.75, 3.05) is 5.32 Å². The molecule has 28 heavy (non-hydrogen) atoms. The van der Waals surface area contributed by atoms with Crippen molar-refractivity contribution >= 4 is 17.8 Å². The second kappa shape index (κ2) is 9.92. The molecule has 0 spiro atoms. The molecule has 5 heteroatoms. The molecule has 3 rings (SSSR count). The molecule has 0 aliphatic heterocycles. The van der Waals surface area contributed by atoms with E-state index in [0.29, 0.717) is 12.2 Å². The van der Waals surface area contributed by atoms with Crippen molar-refractivity contribution in [2.45, 2.75) is 19.4 Å². The van der Waals surface area contributed by atoms with Gasteiger partial charge in [-0.05, 0) is 48.4 Å². The van der Waals surface area contributed by atoms with Crippen LogP contribution in [0.25, 0.3) is 0 Å². The molecule has 142 valence electrons. The number of amides is 1. The highest BCUT2D eigenvalue weighted by Crippen LogP contribution is 2.21. The zero-order chi connectivity index (χ0) is 19.6. The van der Waals surface area contributed by atoms with Crippen LogP contribution in [0.4, 0.5) is 5.69 Å². The second-order valence-electron chi connectivity index (χ2n) is 6.19. The summed E-state index contributed by atoms with van der Waals surface area (Å²) in [5, 5.41) is 7.29. The normalized spacial score (nSPS) is 11.8. The van der Waals surface area contributed by atoms with Gasteiger partial charge in [0, 0.05) is 5.69 Å². The van der Waals surface area contributed by atoms with Crippen molar-refractivity contribution in [3.63, 3.8) is 0 Å². The number of hydrazone groups is 1. The molecule has 0 saturated carbocycles.